The number of nitrogens with zero attached hydrogens (tertiary/aromatic N) is 2. The van der Waals surface area contributed by atoms with E-state index in [0.29, 0.717) is 12.8 Å². The summed E-state index contributed by atoms with van der Waals surface area (Å²) in [6.45, 7) is 0.270. The quantitative estimate of drug-likeness (QED) is 0.790. The van der Waals surface area contributed by atoms with Crippen LogP contribution in [0.5, 0.6) is 5.75 Å². The maximum atomic E-state index is 12.4. The van der Waals surface area contributed by atoms with Crippen LogP contribution in [0.2, 0.25) is 0 Å². The van der Waals surface area contributed by atoms with Crippen molar-refractivity contribution in [3.63, 3.8) is 0 Å². The number of carbonyl (C=O) groups is 1. The summed E-state index contributed by atoms with van der Waals surface area (Å²) in [5.41, 5.74) is 2.12. The largest absolute Gasteiger partial charge is 0.435 e. The fourth-order valence-electron chi connectivity index (χ4n) is 3.10. The third-order valence-corrected chi connectivity index (χ3v) is 4.53. The molecule has 4 nitrogen and oxygen atoms in total. The zero-order valence-electron chi connectivity index (χ0n) is 14.5. The number of hydrogen-bond donors (Lipinski definition) is 0. The van der Waals surface area contributed by atoms with Gasteiger partial charge in [0.05, 0.1) is 0 Å². The second-order valence-corrected chi connectivity index (χ2v) is 6.23. The van der Waals surface area contributed by atoms with Crippen LogP contribution in [0, 0.1) is 0 Å². The van der Waals surface area contributed by atoms with Crippen molar-refractivity contribution in [3.8, 4) is 5.75 Å². The zero-order valence-corrected chi connectivity index (χ0v) is 14.5. The van der Waals surface area contributed by atoms with Gasteiger partial charge >= 0.3 is 6.61 Å². The number of hydrogen-bond acceptors (Lipinski definition) is 3. The summed E-state index contributed by atoms with van der Waals surface area (Å²) in [4.78, 5) is 16.6. The lowest BCUT2D eigenvalue weighted by Gasteiger charge is -2.36. The van der Waals surface area contributed by atoms with E-state index in [2.05, 4.69) is 21.8 Å². The van der Waals surface area contributed by atoms with Crippen LogP contribution in [-0.2, 0) is 11.2 Å². The van der Waals surface area contributed by atoms with Crippen LogP contribution in [0.4, 0.5) is 14.5 Å². The molecule has 0 bridgehead atoms. The van der Waals surface area contributed by atoms with Gasteiger partial charge in [-0.15, -0.1) is 0 Å². The molecule has 26 heavy (non-hydrogen) atoms. The standard InChI is InChI=1S/C20H22F2N2O2/c21-20(22)26-18-9-6-16(7-10-18)8-11-19(25)24-14-12-23(13-15-24)17-4-2-1-3-5-17/h1-7,9-10,20H,8,11-15H2. The number of alkyl halides is 2. The Morgan fingerprint density at radius 1 is 0.962 bits per heavy atom. The average molecular weight is 360 g/mol. The van der Waals surface area contributed by atoms with Gasteiger partial charge in [-0.1, -0.05) is 30.3 Å². The molecule has 2 aromatic rings. The Bertz CT molecular complexity index is 700. The van der Waals surface area contributed by atoms with Crippen LogP contribution in [-0.4, -0.2) is 43.6 Å². The molecule has 0 saturated carbocycles. The normalized spacial score (nSPS) is 14.6. The van der Waals surface area contributed by atoms with Crippen molar-refractivity contribution in [2.45, 2.75) is 19.5 Å². The number of benzene rings is 2. The molecule has 0 unspecified atom stereocenters. The highest BCUT2D eigenvalue weighted by atomic mass is 19.3. The summed E-state index contributed by atoms with van der Waals surface area (Å²) in [5.74, 6) is 0.262. The topological polar surface area (TPSA) is 32.8 Å². The lowest BCUT2D eigenvalue weighted by molar-refractivity contribution is -0.131. The second kappa shape index (κ2) is 8.65. The summed E-state index contributed by atoms with van der Waals surface area (Å²) in [6.07, 6.45) is 1.01. The number of carbonyl (C=O) groups excluding carboxylic acids is 1. The predicted molar refractivity (Wildman–Crippen MR) is 96.6 cm³/mol. The number of rotatable bonds is 6. The molecule has 1 fully saturated rings. The first-order chi connectivity index (χ1) is 12.6. The van der Waals surface area contributed by atoms with Crippen LogP contribution in [0.15, 0.2) is 54.6 Å². The monoisotopic (exact) mass is 360 g/mol. The van der Waals surface area contributed by atoms with E-state index < -0.39 is 6.61 Å². The summed E-state index contributed by atoms with van der Waals surface area (Å²) < 4.78 is 28.6. The smallest absolute Gasteiger partial charge is 0.387 e. The molecule has 138 valence electrons. The highest BCUT2D eigenvalue weighted by Crippen LogP contribution is 2.18. The summed E-state index contributed by atoms with van der Waals surface area (Å²) in [5, 5.41) is 0. The van der Waals surface area contributed by atoms with Crippen LogP contribution in [0.1, 0.15) is 12.0 Å². The molecule has 0 N–H and O–H groups in total. The molecule has 0 aliphatic carbocycles. The van der Waals surface area contributed by atoms with E-state index in [1.807, 2.05) is 23.1 Å². The molecule has 1 aliphatic rings. The van der Waals surface area contributed by atoms with Gasteiger partial charge in [0.1, 0.15) is 5.75 Å². The van der Waals surface area contributed by atoms with Crippen molar-refractivity contribution in [3.05, 3.63) is 60.2 Å². The van der Waals surface area contributed by atoms with Crippen molar-refractivity contribution in [2.75, 3.05) is 31.1 Å². The van der Waals surface area contributed by atoms with Gasteiger partial charge in [-0.25, -0.2) is 0 Å². The van der Waals surface area contributed by atoms with Gasteiger partial charge < -0.3 is 14.5 Å². The number of halogens is 2. The molecule has 0 atom stereocenters. The van der Waals surface area contributed by atoms with Crippen molar-refractivity contribution in [2.24, 2.45) is 0 Å². The van der Waals surface area contributed by atoms with Gasteiger partial charge in [-0.2, -0.15) is 8.78 Å². The molecule has 1 aliphatic heterocycles. The lowest BCUT2D eigenvalue weighted by atomic mass is 10.1. The Morgan fingerprint density at radius 3 is 2.23 bits per heavy atom. The Labute approximate surface area is 152 Å². The average Bonchev–Trinajstić information content (AvgIpc) is 2.67. The lowest BCUT2D eigenvalue weighted by Crippen LogP contribution is -2.48. The Morgan fingerprint density at radius 2 is 1.62 bits per heavy atom. The summed E-state index contributed by atoms with van der Waals surface area (Å²) in [7, 11) is 0. The maximum Gasteiger partial charge on any atom is 0.387 e. The van der Waals surface area contributed by atoms with Gasteiger partial charge in [0.25, 0.3) is 0 Å². The molecule has 0 spiro atoms. The molecule has 3 rings (SSSR count). The van der Waals surface area contributed by atoms with Gasteiger partial charge in [-0.3, -0.25) is 4.79 Å². The molecule has 0 aromatic heterocycles. The second-order valence-electron chi connectivity index (χ2n) is 6.23. The van der Waals surface area contributed by atoms with Gasteiger partial charge in [-0.05, 0) is 36.2 Å². The molecule has 6 heteroatoms. The molecule has 1 saturated heterocycles. The highest BCUT2D eigenvalue weighted by Gasteiger charge is 2.20. The Kier molecular flexibility index (Phi) is 6.04. The Balaban J connectivity index is 1.44. The first kappa shape index (κ1) is 18.2. The molecule has 1 amide bonds. The maximum absolute atomic E-state index is 12.4. The van der Waals surface area contributed by atoms with E-state index in [0.717, 1.165) is 31.7 Å². The minimum absolute atomic E-state index is 0.130. The number of amides is 1. The van der Waals surface area contributed by atoms with E-state index >= 15 is 0 Å². The summed E-state index contributed by atoms with van der Waals surface area (Å²) in [6, 6.07) is 16.6. The molecular weight excluding hydrogens is 338 g/mol. The van der Waals surface area contributed by atoms with Crippen molar-refractivity contribution < 1.29 is 18.3 Å². The minimum Gasteiger partial charge on any atom is -0.435 e. The van der Waals surface area contributed by atoms with E-state index in [-0.39, 0.29) is 11.7 Å². The van der Waals surface area contributed by atoms with E-state index in [9.17, 15) is 13.6 Å². The van der Waals surface area contributed by atoms with Crippen molar-refractivity contribution in [1.82, 2.24) is 4.90 Å². The number of aryl methyl sites for hydroxylation is 1. The number of anilines is 1. The number of piperazine rings is 1. The van der Waals surface area contributed by atoms with E-state index in [1.54, 1.807) is 12.1 Å². The molecular formula is C20H22F2N2O2. The molecule has 2 aromatic carbocycles. The predicted octanol–water partition coefficient (Wildman–Crippen LogP) is 3.57. The van der Waals surface area contributed by atoms with Crippen LogP contribution in [0.3, 0.4) is 0 Å². The van der Waals surface area contributed by atoms with E-state index in [4.69, 9.17) is 0 Å². The van der Waals surface area contributed by atoms with E-state index in [1.165, 1.54) is 17.8 Å². The first-order valence-electron chi connectivity index (χ1n) is 8.73. The van der Waals surface area contributed by atoms with Crippen LogP contribution >= 0.6 is 0 Å². The third kappa shape index (κ3) is 4.94. The first-order valence-corrected chi connectivity index (χ1v) is 8.73. The minimum atomic E-state index is -2.82. The van der Waals surface area contributed by atoms with Crippen LogP contribution in [0.25, 0.3) is 0 Å². The number of ether oxygens (including phenoxy) is 1. The fourth-order valence-corrected chi connectivity index (χ4v) is 3.10. The SMILES string of the molecule is O=C(CCc1ccc(OC(F)F)cc1)N1CCN(c2ccccc2)CC1. The van der Waals surface area contributed by atoms with Gasteiger partial charge in [0.15, 0.2) is 0 Å². The van der Waals surface area contributed by atoms with Crippen LogP contribution < -0.4 is 9.64 Å². The fraction of sp³-hybridized carbons (Fsp3) is 0.350. The van der Waals surface area contributed by atoms with Crippen molar-refractivity contribution in [1.29, 1.82) is 0 Å². The highest BCUT2D eigenvalue weighted by molar-refractivity contribution is 5.76. The van der Waals surface area contributed by atoms with Gasteiger partial charge in [0, 0.05) is 38.3 Å². The third-order valence-electron chi connectivity index (χ3n) is 4.53. The molecule has 1 heterocycles. The van der Waals surface area contributed by atoms with Gasteiger partial charge in [0.2, 0.25) is 5.91 Å². The van der Waals surface area contributed by atoms with Crippen molar-refractivity contribution >= 4 is 11.6 Å². The zero-order chi connectivity index (χ0) is 18.4. The summed E-state index contributed by atoms with van der Waals surface area (Å²) >= 11 is 0. The Hall–Kier alpha value is -2.63. The number of para-hydroxylation sites is 1. The molecule has 0 radical (unpaired) electrons.